The van der Waals surface area contributed by atoms with Crippen LogP contribution >= 0.6 is 0 Å². The number of nitrogens with zero attached hydrogens (tertiary/aromatic N) is 2. The van der Waals surface area contributed by atoms with Gasteiger partial charge in [-0.3, -0.25) is 4.79 Å². The lowest BCUT2D eigenvalue weighted by atomic mass is 9.91. The van der Waals surface area contributed by atoms with Crippen molar-refractivity contribution < 1.29 is 4.79 Å². The summed E-state index contributed by atoms with van der Waals surface area (Å²) in [7, 11) is 4.13. The van der Waals surface area contributed by atoms with Crippen molar-refractivity contribution in [3.63, 3.8) is 0 Å². The van der Waals surface area contributed by atoms with E-state index in [1.807, 2.05) is 37.3 Å². The van der Waals surface area contributed by atoms with Crippen LogP contribution in [-0.2, 0) is 0 Å². The summed E-state index contributed by atoms with van der Waals surface area (Å²) in [5, 5.41) is 8.00. The van der Waals surface area contributed by atoms with Gasteiger partial charge >= 0.3 is 0 Å². The number of para-hydroxylation sites is 1. The quantitative estimate of drug-likeness (QED) is 0.646. The van der Waals surface area contributed by atoms with Gasteiger partial charge in [0.1, 0.15) is 5.82 Å². The molecule has 0 unspecified atom stereocenters. The third kappa shape index (κ3) is 4.56. The number of pyridine rings is 1. The molecule has 0 spiro atoms. The Labute approximate surface area is 178 Å². The highest BCUT2D eigenvalue weighted by atomic mass is 16.1. The van der Waals surface area contributed by atoms with Crippen LogP contribution < -0.4 is 15.5 Å². The number of anilines is 2. The van der Waals surface area contributed by atoms with Crippen molar-refractivity contribution in [1.29, 1.82) is 0 Å². The molecule has 0 aliphatic heterocycles. The lowest BCUT2D eigenvalue weighted by Gasteiger charge is -2.30. The Bertz CT molecular complexity index is 1040. The second kappa shape index (κ2) is 8.74. The molecule has 156 valence electrons. The molecule has 4 rings (SSSR count). The highest BCUT2D eigenvalue weighted by Crippen LogP contribution is 2.29. The molecule has 1 amide bonds. The molecule has 3 aromatic rings. The standard InChI is InChI=1S/C25H30N4O/c1-17-7-6-8-18(15-17)25(30)27-20-13-11-19(12-14-20)26-24-16-23(29(2)3)21-9-4-5-10-22(21)28-24/h4-10,15-16,19-20H,11-14H2,1-3H3,(H,26,28)(H,27,30). The van der Waals surface area contributed by atoms with Crippen LogP contribution in [0.4, 0.5) is 11.5 Å². The topological polar surface area (TPSA) is 57.3 Å². The molecule has 0 bridgehead atoms. The molecule has 1 aromatic heterocycles. The van der Waals surface area contributed by atoms with Crippen LogP contribution in [0.3, 0.4) is 0 Å². The van der Waals surface area contributed by atoms with Gasteiger partial charge in [-0.15, -0.1) is 0 Å². The van der Waals surface area contributed by atoms with E-state index >= 15 is 0 Å². The Kier molecular flexibility index (Phi) is 5.88. The van der Waals surface area contributed by atoms with Crippen LogP contribution in [0.5, 0.6) is 0 Å². The number of rotatable bonds is 5. The predicted molar refractivity (Wildman–Crippen MR) is 124 cm³/mol. The van der Waals surface area contributed by atoms with Gasteiger partial charge in [-0.25, -0.2) is 4.98 Å². The summed E-state index contributed by atoms with van der Waals surface area (Å²) < 4.78 is 0. The van der Waals surface area contributed by atoms with E-state index in [0.29, 0.717) is 6.04 Å². The number of carbonyl (C=O) groups excluding carboxylic acids is 1. The SMILES string of the molecule is Cc1cccc(C(=O)NC2CCC(Nc3cc(N(C)C)c4ccccc4n3)CC2)c1. The van der Waals surface area contributed by atoms with Crippen LogP contribution in [0.15, 0.2) is 54.6 Å². The number of amides is 1. The van der Waals surface area contributed by atoms with E-state index in [4.69, 9.17) is 4.98 Å². The van der Waals surface area contributed by atoms with Gasteiger partial charge in [0.15, 0.2) is 0 Å². The van der Waals surface area contributed by atoms with Gasteiger partial charge < -0.3 is 15.5 Å². The highest BCUT2D eigenvalue weighted by Gasteiger charge is 2.23. The molecule has 0 radical (unpaired) electrons. The molecule has 2 N–H and O–H groups in total. The number of carbonyl (C=O) groups is 1. The molecule has 1 heterocycles. The van der Waals surface area contributed by atoms with Crippen molar-refractivity contribution in [2.24, 2.45) is 0 Å². The van der Waals surface area contributed by atoms with Crippen LogP contribution in [0, 0.1) is 6.92 Å². The number of benzene rings is 2. The Hall–Kier alpha value is -3.08. The molecule has 1 saturated carbocycles. The second-order valence-corrected chi connectivity index (χ2v) is 8.47. The monoisotopic (exact) mass is 402 g/mol. The molecule has 30 heavy (non-hydrogen) atoms. The third-order valence-electron chi connectivity index (χ3n) is 5.87. The first-order valence-electron chi connectivity index (χ1n) is 10.7. The van der Waals surface area contributed by atoms with Crippen molar-refractivity contribution in [1.82, 2.24) is 10.3 Å². The number of nitrogens with one attached hydrogen (secondary N) is 2. The van der Waals surface area contributed by atoms with E-state index in [1.54, 1.807) is 0 Å². The zero-order valence-corrected chi connectivity index (χ0v) is 18.0. The zero-order chi connectivity index (χ0) is 21.1. The van der Waals surface area contributed by atoms with Crippen LogP contribution in [0.2, 0.25) is 0 Å². The van der Waals surface area contributed by atoms with Crippen LogP contribution in [0.25, 0.3) is 10.9 Å². The molecule has 0 saturated heterocycles. The van der Waals surface area contributed by atoms with Crippen molar-refractivity contribution in [3.8, 4) is 0 Å². The molecule has 5 nitrogen and oxygen atoms in total. The molecule has 2 aromatic carbocycles. The molecule has 1 aliphatic carbocycles. The van der Waals surface area contributed by atoms with Crippen molar-refractivity contribution in [2.45, 2.75) is 44.7 Å². The fourth-order valence-corrected chi connectivity index (χ4v) is 4.25. The summed E-state index contributed by atoms with van der Waals surface area (Å²) >= 11 is 0. The lowest BCUT2D eigenvalue weighted by molar-refractivity contribution is 0.0926. The van der Waals surface area contributed by atoms with Gasteiger partial charge in [-0.1, -0.05) is 35.9 Å². The molecular formula is C25H30N4O. The van der Waals surface area contributed by atoms with E-state index in [9.17, 15) is 4.79 Å². The zero-order valence-electron chi connectivity index (χ0n) is 18.0. The first kappa shape index (κ1) is 20.2. The van der Waals surface area contributed by atoms with Crippen LogP contribution in [-0.4, -0.2) is 37.1 Å². The molecule has 1 fully saturated rings. The smallest absolute Gasteiger partial charge is 0.251 e. The first-order chi connectivity index (χ1) is 14.5. The van der Waals surface area contributed by atoms with Crippen LogP contribution in [0.1, 0.15) is 41.6 Å². The number of aryl methyl sites for hydroxylation is 1. The highest BCUT2D eigenvalue weighted by molar-refractivity contribution is 5.94. The van der Waals surface area contributed by atoms with Gasteiger partial charge in [0, 0.05) is 48.9 Å². The van der Waals surface area contributed by atoms with E-state index in [1.165, 1.54) is 5.69 Å². The second-order valence-electron chi connectivity index (χ2n) is 8.47. The number of aromatic nitrogens is 1. The minimum absolute atomic E-state index is 0.0296. The fourth-order valence-electron chi connectivity index (χ4n) is 4.25. The number of hydrogen-bond donors (Lipinski definition) is 2. The predicted octanol–water partition coefficient (Wildman–Crippen LogP) is 4.76. The minimum Gasteiger partial charge on any atom is -0.377 e. The lowest BCUT2D eigenvalue weighted by Crippen LogP contribution is -2.40. The number of fused-ring (bicyclic) bond motifs is 1. The van der Waals surface area contributed by atoms with Gasteiger partial charge in [-0.2, -0.15) is 0 Å². The summed E-state index contributed by atoms with van der Waals surface area (Å²) in [4.78, 5) is 19.5. The summed E-state index contributed by atoms with van der Waals surface area (Å²) in [5.41, 5.74) is 4.02. The minimum atomic E-state index is 0.0296. The summed E-state index contributed by atoms with van der Waals surface area (Å²) in [6, 6.07) is 18.8. The normalized spacial score (nSPS) is 18.8. The Balaban J connectivity index is 1.37. The largest absolute Gasteiger partial charge is 0.377 e. The van der Waals surface area contributed by atoms with E-state index in [-0.39, 0.29) is 11.9 Å². The molecule has 1 aliphatic rings. The third-order valence-corrected chi connectivity index (χ3v) is 5.87. The van der Waals surface area contributed by atoms with E-state index in [0.717, 1.165) is 53.5 Å². The van der Waals surface area contributed by atoms with Gasteiger partial charge in [0.2, 0.25) is 0 Å². The van der Waals surface area contributed by atoms with Crippen molar-refractivity contribution in [3.05, 3.63) is 65.7 Å². The van der Waals surface area contributed by atoms with Gasteiger partial charge in [-0.05, 0) is 50.8 Å². The first-order valence-corrected chi connectivity index (χ1v) is 10.7. The van der Waals surface area contributed by atoms with Crippen molar-refractivity contribution in [2.75, 3.05) is 24.3 Å². The Morgan fingerprint density at radius 3 is 2.43 bits per heavy atom. The molecular weight excluding hydrogens is 372 g/mol. The maximum absolute atomic E-state index is 12.5. The average molecular weight is 403 g/mol. The van der Waals surface area contributed by atoms with E-state index in [2.05, 4.69) is 53.9 Å². The summed E-state index contributed by atoms with van der Waals surface area (Å²) in [6.45, 7) is 2.01. The van der Waals surface area contributed by atoms with E-state index < -0.39 is 0 Å². The fraction of sp³-hybridized carbons (Fsp3) is 0.360. The summed E-state index contributed by atoms with van der Waals surface area (Å²) in [5.74, 6) is 0.951. The van der Waals surface area contributed by atoms with Crippen molar-refractivity contribution >= 4 is 28.3 Å². The Morgan fingerprint density at radius 2 is 1.70 bits per heavy atom. The average Bonchev–Trinajstić information content (AvgIpc) is 2.74. The molecule has 0 atom stereocenters. The maximum atomic E-state index is 12.5. The molecule has 5 heteroatoms. The van der Waals surface area contributed by atoms with Gasteiger partial charge in [0.25, 0.3) is 5.91 Å². The van der Waals surface area contributed by atoms with Gasteiger partial charge in [0.05, 0.1) is 5.52 Å². The summed E-state index contributed by atoms with van der Waals surface area (Å²) in [6.07, 6.45) is 3.99. The number of hydrogen-bond acceptors (Lipinski definition) is 4. The maximum Gasteiger partial charge on any atom is 0.251 e. The Morgan fingerprint density at radius 1 is 0.967 bits per heavy atom.